The lowest BCUT2D eigenvalue weighted by atomic mass is 10.0. The average Bonchev–Trinajstić information content (AvgIpc) is 2.70. The number of hydrogen-bond donors (Lipinski definition) is 2. The third kappa shape index (κ3) is 4.97. The third-order valence-corrected chi connectivity index (χ3v) is 3.63. The Morgan fingerprint density at radius 2 is 2.00 bits per heavy atom. The van der Waals surface area contributed by atoms with Gasteiger partial charge in [0.2, 0.25) is 5.91 Å². The van der Waals surface area contributed by atoms with E-state index in [9.17, 15) is 4.79 Å². The van der Waals surface area contributed by atoms with Crippen molar-refractivity contribution < 1.29 is 4.79 Å². The Morgan fingerprint density at radius 1 is 1.38 bits per heavy atom. The summed E-state index contributed by atoms with van der Waals surface area (Å²) in [6, 6.07) is -0.00789. The van der Waals surface area contributed by atoms with Crippen LogP contribution in [0.25, 0.3) is 0 Å². The van der Waals surface area contributed by atoms with Crippen LogP contribution in [-0.4, -0.2) is 18.5 Å². The molecule has 1 fully saturated rings. The molecule has 0 bridgehead atoms. The minimum atomic E-state index is -0.00789. The average molecular weight is 226 g/mol. The summed E-state index contributed by atoms with van der Waals surface area (Å²) >= 11 is 0. The van der Waals surface area contributed by atoms with Crippen LogP contribution in [0.15, 0.2) is 0 Å². The van der Waals surface area contributed by atoms with E-state index in [1.807, 2.05) is 0 Å². The Bertz CT molecular complexity index is 210. The van der Waals surface area contributed by atoms with Crippen molar-refractivity contribution in [3.8, 4) is 0 Å². The van der Waals surface area contributed by atoms with Crippen LogP contribution >= 0.6 is 0 Å². The zero-order valence-electron chi connectivity index (χ0n) is 10.7. The molecule has 1 rings (SSSR count). The van der Waals surface area contributed by atoms with Gasteiger partial charge in [-0.3, -0.25) is 4.79 Å². The number of hydrogen-bond acceptors (Lipinski definition) is 2. The number of carbonyl (C=O) groups excluding carboxylic acids is 1. The van der Waals surface area contributed by atoms with Crippen LogP contribution in [0.1, 0.15) is 52.4 Å². The predicted octanol–water partition coefficient (Wildman–Crippen LogP) is 2.06. The maximum absolute atomic E-state index is 11.5. The fourth-order valence-electron chi connectivity index (χ4n) is 2.24. The van der Waals surface area contributed by atoms with Gasteiger partial charge in [-0.2, -0.15) is 0 Å². The first-order valence-electron chi connectivity index (χ1n) is 6.62. The molecule has 3 heteroatoms. The molecule has 1 aliphatic carbocycles. The molecule has 0 aromatic rings. The molecule has 0 spiro atoms. The van der Waals surface area contributed by atoms with Gasteiger partial charge < -0.3 is 11.1 Å². The number of nitrogens with one attached hydrogen (secondary N) is 1. The number of amides is 1. The van der Waals surface area contributed by atoms with Gasteiger partial charge >= 0.3 is 0 Å². The molecule has 0 saturated heterocycles. The molecule has 0 aromatic carbocycles. The Morgan fingerprint density at radius 3 is 2.56 bits per heavy atom. The maximum atomic E-state index is 11.5. The summed E-state index contributed by atoms with van der Waals surface area (Å²) in [4.78, 5) is 11.5. The topological polar surface area (TPSA) is 55.1 Å². The zero-order chi connectivity index (χ0) is 12.0. The Balaban J connectivity index is 2.05. The van der Waals surface area contributed by atoms with Crippen molar-refractivity contribution in [1.29, 1.82) is 0 Å². The molecular formula is C13H26N2O. The van der Waals surface area contributed by atoms with Crippen molar-refractivity contribution >= 4 is 5.91 Å². The van der Waals surface area contributed by atoms with E-state index in [0.29, 0.717) is 12.3 Å². The summed E-state index contributed by atoms with van der Waals surface area (Å²) in [7, 11) is 0. The summed E-state index contributed by atoms with van der Waals surface area (Å²) in [6.45, 7) is 4.93. The Labute approximate surface area is 99.2 Å². The van der Waals surface area contributed by atoms with E-state index in [1.165, 1.54) is 25.7 Å². The van der Waals surface area contributed by atoms with E-state index >= 15 is 0 Å². The standard InChI is InChI=1S/C13H26N2O/c1-10(2)12(14)9-13(16)15-8-7-11-5-3-4-6-11/h10-12H,3-9,14H2,1-2H3,(H,15,16). The Hall–Kier alpha value is -0.570. The minimum absolute atomic E-state index is 0.00789. The highest BCUT2D eigenvalue weighted by atomic mass is 16.1. The molecule has 0 aliphatic heterocycles. The molecule has 0 heterocycles. The fourth-order valence-corrected chi connectivity index (χ4v) is 2.24. The normalized spacial score (nSPS) is 19.0. The third-order valence-electron chi connectivity index (χ3n) is 3.63. The van der Waals surface area contributed by atoms with Crippen molar-refractivity contribution in [2.45, 2.75) is 58.4 Å². The summed E-state index contributed by atoms with van der Waals surface area (Å²) in [5.41, 5.74) is 5.85. The van der Waals surface area contributed by atoms with E-state index in [2.05, 4.69) is 19.2 Å². The largest absolute Gasteiger partial charge is 0.356 e. The minimum Gasteiger partial charge on any atom is -0.356 e. The first-order valence-corrected chi connectivity index (χ1v) is 6.62. The molecule has 16 heavy (non-hydrogen) atoms. The smallest absolute Gasteiger partial charge is 0.221 e. The molecule has 1 atom stereocenters. The number of nitrogens with two attached hydrogens (primary N) is 1. The van der Waals surface area contributed by atoms with Gasteiger partial charge in [0.15, 0.2) is 0 Å². The van der Waals surface area contributed by atoms with E-state index in [-0.39, 0.29) is 11.9 Å². The van der Waals surface area contributed by atoms with Gasteiger partial charge in [0.05, 0.1) is 0 Å². The summed E-state index contributed by atoms with van der Waals surface area (Å²) in [5, 5.41) is 2.98. The monoisotopic (exact) mass is 226 g/mol. The van der Waals surface area contributed by atoms with Gasteiger partial charge in [-0.1, -0.05) is 39.5 Å². The van der Waals surface area contributed by atoms with Gasteiger partial charge in [-0.15, -0.1) is 0 Å². The molecule has 1 unspecified atom stereocenters. The second-order valence-electron chi connectivity index (χ2n) is 5.40. The van der Waals surface area contributed by atoms with Gasteiger partial charge in [0.1, 0.15) is 0 Å². The van der Waals surface area contributed by atoms with Crippen LogP contribution in [0.3, 0.4) is 0 Å². The van der Waals surface area contributed by atoms with E-state index in [1.54, 1.807) is 0 Å². The van der Waals surface area contributed by atoms with Gasteiger partial charge in [0, 0.05) is 19.0 Å². The maximum Gasteiger partial charge on any atom is 0.221 e. The summed E-state index contributed by atoms with van der Waals surface area (Å²) in [6.07, 6.45) is 7.04. The molecular weight excluding hydrogens is 200 g/mol. The van der Waals surface area contributed by atoms with Crippen molar-refractivity contribution in [3.05, 3.63) is 0 Å². The molecule has 1 aliphatic rings. The highest BCUT2D eigenvalue weighted by molar-refractivity contribution is 5.76. The lowest BCUT2D eigenvalue weighted by Crippen LogP contribution is -2.35. The molecule has 0 radical (unpaired) electrons. The van der Waals surface area contributed by atoms with Crippen molar-refractivity contribution in [3.63, 3.8) is 0 Å². The van der Waals surface area contributed by atoms with Gasteiger partial charge in [-0.25, -0.2) is 0 Å². The molecule has 0 aromatic heterocycles. The lowest BCUT2D eigenvalue weighted by Gasteiger charge is -2.15. The van der Waals surface area contributed by atoms with E-state index in [0.717, 1.165) is 18.9 Å². The van der Waals surface area contributed by atoms with Gasteiger partial charge in [0.25, 0.3) is 0 Å². The molecule has 1 amide bonds. The number of carbonyl (C=O) groups is 1. The molecule has 3 nitrogen and oxygen atoms in total. The predicted molar refractivity (Wildman–Crippen MR) is 67.0 cm³/mol. The van der Waals surface area contributed by atoms with Crippen LogP contribution in [-0.2, 0) is 4.79 Å². The second-order valence-corrected chi connectivity index (χ2v) is 5.40. The van der Waals surface area contributed by atoms with Crippen LogP contribution in [0.4, 0.5) is 0 Å². The molecule has 94 valence electrons. The van der Waals surface area contributed by atoms with Crippen LogP contribution in [0, 0.1) is 11.8 Å². The fraction of sp³-hybridized carbons (Fsp3) is 0.923. The molecule has 3 N–H and O–H groups in total. The first-order chi connectivity index (χ1) is 7.59. The first kappa shape index (κ1) is 13.5. The van der Waals surface area contributed by atoms with Crippen LogP contribution in [0.2, 0.25) is 0 Å². The lowest BCUT2D eigenvalue weighted by molar-refractivity contribution is -0.121. The van der Waals surface area contributed by atoms with E-state index < -0.39 is 0 Å². The second kappa shape index (κ2) is 6.89. The quantitative estimate of drug-likeness (QED) is 0.728. The van der Waals surface area contributed by atoms with E-state index in [4.69, 9.17) is 5.73 Å². The van der Waals surface area contributed by atoms with Crippen LogP contribution in [0.5, 0.6) is 0 Å². The SMILES string of the molecule is CC(C)C(N)CC(=O)NCCC1CCCC1. The van der Waals surface area contributed by atoms with Crippen molar-refractivity contribution in [2.75, 3.05) is 6.54 Å². The van der Waals surface area contributed by atoms with Crippen molar-refractivity contribution in [1.82, 2.24) is 5.32 Å². The highest BCUT2D eigenvalue weighted by Crippen LogP contribution is 2.26. The highest BCUT2D eigenvalue weighted by Gasteiger charge is 2.16. The Kier molecular flexibility index (Phi) is 5.81. The molecule has 1 saturated carbocycles. The van der Waals surface area contributed by atoms with Crippen LogP contribution < -0.4 is 11.1 Å². The van der Waals surface area contributed by atoms with Gasteiger partial charge in [-0.05, 0) is 18.3 Å². The zero-order valence-corrected chi connectivity index (χ0v) is 10.7. The number of rotatable bonds is 6. The van der Waals surface area contributed by atoms with Crippen molar-refractivity contribution in [2.24, 2.45) is 17.6 Å². The summed E-state index contributed by atoms with van der Waals surface area (Å²) < 4.78 is 0. The summed E-state index contributed by atoms with van der Waals surface area (Å²) in [5.74, 6) is 1.33.